The van der Waals surface area contributed by atoms with E-state index in [4.69, 9.17) is 16.3 Å². The summed E-state index contributed by atoms with van der Waals surface area (Å²) in [5, 5.41) is 9.07. The zero-order valence-corrected chi connectivity index (χ0v) is 19.6. The molecule has 1 aromatic heterocycles. The SMILES string of the molecule is O=C(N1[C@H]2CC[C@H]1CC(Cc1ccc3[nH]ncc3c1)C2)C1(c2ccc(Cl)cc2)CCOCC1. The molecule has 2 aromatic carbocycles. The Morgan fingerprint density at radius 2 is 1.82 bits per heavy atom. The zero-order valence-electron chi connectivity index (χ0n) is 18.8. The van der Waals surface area contributed by atoms with Gasteiger partial charge in [-0.3, -0.25) is 9.89 Å². The van der Waals surface area contributed by atoms with Crippen molar-refractivity contribution in [3.8, 4) is 0 Å². The van der Waals surface area contributed by atoms with Gasteiger partial charge in [0.1, 0.15) is 0 Å². The number of ether oxygens (including phenoxy) is 1. The Bertz CT molecular complexity index is 1140. The Balaban J connectivity index is 1.22. The molecule has 1 amide bonds. The molecule has 0 unspecified atom stereocenters. The van der Waals surface area contributed by atoms with Crippen LogP contribution >= 0.6 is 11.6 Å². The van der Waals surface area contributed by atoms with E-state index in [1.54, 1.807) is 0 Å². The molecule has 1 N–H and O–H groups in total. The Morgan fingerprint density at radius 1 is 1.09 bits per heavy atom. The molecule has 0 spiro atoms. The number of piperidine rings is 1. The van der Waals surface area contributed by atoms with Gasteiger partial charge in [-0.1, -0.05) is 29.8 Å². The van der Waals surface area contributed by atoms with E-state index >= 15 is 0 Å². The van der Waals surface area contributed by atoms with E-state index in [0.717, 1.165) is 56.0 Å². The largest absolute Gasteiger partial charge is 0.381 e. The molecule has 0 radical (unpaired) electrons. The Hall–Kier alpha value is -2.37. The van der Waals surface area contributed by atoms with Gasteiger partial charge in [0.05, 0.1) is 17.1 Å². The number of aromatic nitrogens is 2. The highest BCUT2D eigenvalue weighted by molar-refractivity contribution is 6.30. The molecule has 5 nitrogen and oxygen atoms in total. The lowest BCUT2D eigenvalue weighted by atomic mass is 9.72. The number of amides is 1. The summed E-state index contributed by atoms with van der Waals surface area (Å²) in [6.45, 7) is 1.27. The molecule has 4 heterocycles. The molecule has 33 heavy (non-hydrogen) atoms. The molecule has 2 bridgehead atoms. The number of hydrogen-bond donors (Lipinski definition) is 1. The molecule has 3 aromatic rings. The first-order chi connectivity index (χ1) is 16.1. The summed E-state index contributed by atoms with van der Waals surface area (Å²) in [5.41, 5.74) is 3.07. The number of carbonyl (C=O) groups excluding carboxylic acids is 1. The summed E-state index contributed by atoms with van der Waals surface area (Å²) >= 11 is 6.16. The van der Waals surface area contributed by atoms with Crippen LogP contribution in [0.15, 0.2) is 48.7 Å². The van der Waals surface area contributed by atoms with Crippen LogP contribution in [0.2, 0.25) is 5.02 Å². The average molecular weight is 464 g/mol. The standard InChI is InChI=1S/C27H30ClN3O2/c28-22-4-2-21(3-5-22)27(9-11-33-12-10-27)26(32)31-23-6-7-24(31)16-19(15-23)13-18-1-8-25-20(14-18)17-29-30-25/h1-5,8,14,17,19,23-24H,6-7,9-13,15-16H2,(H,29,30)/t23-,24-/m0/s1. The highest BCUT2D eigenvalue weighted by Crippen LogP contribution is 2.45. The number of nitrogens with one attached hydrogen (secondary N) is 1. The van der Waals surface area contributed by atoms with Crippen molar-refractivity contribution in [2.45, 2.75) is 62.4 Å². The molecule has 3 aliphatic heterocycles. The van der Waals surface area contributed by atoms with E-state index in [0.29, 0.717) is 42.1 Å². The third kappa shape index (κ3) is 3.75. The first-order valence-corrected chi connectivity index (χ1v) is 12.6. The summed E-state index contributed by atoms with van der Waals surface area (Å²) in [6, 6.07) is 15.2. The van der Waals surface area contributed by atoms with Gasteiger partial charge in [0.2, 0.25) is 5.91 Å². The number of nitrogens with zero attached hydrogens (tertiary/aromatic N) is 2. The quantitative estimate of drug-likeness (QED) is 0.572. The maximum atomic E-state index is 14.2. The van der Waals surface area contributed by atoms with Crippen molar-refractivity contribution in [1.29, 1.82) is 0 Å². The van der Waals surface area contributed by atoms with Crippen LogP contribution in [0.4, 0.5) is 0 Å². The van der Waals surface area contributed by atoms with Crippen molar-refractivity contribution in [2.24, 2.45) is 5.92 Å². The van der Waals surface area contributed by atoms with E-state index in [9.17, 15) is 4.79 Å². The maximum absolute atomic E-state index is 14.2. The van der Waals surface area contributed by atoms with Gasteiger partial charge in [0.25, 0.3) is 0 Å². The topological polar surface area (TPSA) is 58.2 Å². The Kier molecular flexibility index (Phi) is 5.42. The molecule has 6 rings (SSSR count). The van der Waals surface area contributed by atoms with Crippen molar-refractivity contribution in [3.05, 3.63) is 64.8 Å². The van der Waals surface area contributed by atoms with Crippen LogP contribution < -0.4 is 0 Å². The summed E-state index contributed by atoms with van der Waals surface area (Å²) in [6.07, 6.45) is 8.91. The monoisotopic (exact) mass is 463 g/mol. The number of fused-ring (bicyclic) bond motifs is 3. The number of carbonyl (C=O) groups is 1. The Labute approximate surface area is 199 Å². The van der Waals surface area contributed by atoms with E-state index in [1.165, 1.54) is 10.9 Å². The number of rotatable bonds is 4. The molecule has 6 heteroatoms. The summed E-state index contributed by atoms with van der Waals surface area (Å²) in [5.74, 6) is 0.941. The average Bonchev–Trinajstić information content (AvgIpc) is 3.41. The van der Waals surface area contributed by atoms with E-state index in [-0.39, 0.29) is 0 Å². The molecule has 2 atom stereocenters. The summed E-state index contributed by atoms with van der Waals surface area (Å²) < 4.78 is 5.68. The number of benzene rings is 2. The van der Waals surface area contributed by atoms with Gasteiger partial charge >= 0.3 is 0 Å². The fraction of sp³-hybridized carbons (Fsp3) is 0.481. The van der Waals surface area contributed by atoms with Crippen LogP contribution in [-0.2, 0) is 21.4 Å². The van der Waals surface area contributed by atoms with Crippen LogP contribution in [0.25, 0.3) is 10.9 Å². The molecular weight excluding hydrogens is 434 g/mol. The minimum atomic E-state index is -0.483. The predicted molar refractivity (Wildman–Crippen MR) is 129 cm³/mol. The van der Waals surface area contributed by atoms with Crippen LogP contribution in [0.1, 0.15) is 49.7 Å². The van der Waals surface area contributed by atoms with Gasteiger partial charge < -0.3 is 9.64 Å². The van der Waals surface area contributed by atoms with E-state index < -0.39 is 5.41 Å². The van der Waals surface area contributed by atoms with Gasteiger partial charge in [-0.25, -0.2) is 0 Å². The highest BCUT2D eigenvalue weighted by Gasteiger charge is 2.51. The third-order valence-electron chi connectivity index (χ3n) is 8.25. The van der Waals surface area contributed by atoms with Crippen molar-refractivity contribution in [2.75, 3.05) is 13.2 Å². The van der Waals surface area contributed by atoms with E-state index in [2.05, 4.69) is 33.3 Å². The van der Waals surface area contributed by atoms with Gasteiger partial charge in [-0.2, -0.15) is 5.10 Å². The number of hydrogen-bond acceptors (Lipinski definition) is 3. The lowest BCUT2D eigenvalue weighted by Crippen LogP contribution is -2.56. The molecule has 0 saturated carbocycles. The molecule has 3 fully saturated rings. The van der Waals surface area contributed by atoms with E-state index in [1.807, 2.05) is 30.5 Å². The maximum Gasteiger partial charge on any atom is 0.233 e. The van der Waals surface area contributed by atoms with Crippen molar-refractivity contribution in [3.63, 3.8) is 0 Å². The van der Waals surface area contributed by atoms with Crippen LogP contribution in [0.3, 0.4) is 0 Å². The second-order valence-electron chi connectivity index (χ2n) is 10.1. The minimum Gasteiger partial charge on any atom is -0.381 e. The zero-order chi connectivity index (χ0) is 22.4. The molecule has 3 saturated heterocycles. The smallest absolute Gasteiger partial charge is 0.233 e. The summed E-state index contributed by atoms with van der Waals surface area (Å²) in [4.78, 5) is 16.5. The third-order valence-corrected chi connectivity index (χ3v) is 8.50. The lowest BCUT2D eigenvalue weighted by Gasteiger charge is -2.46. The van der Waals surface area contributed by atoms with Crippen molar-refractivity contribution in [1.82, 2.24) is 15.1 Å². The second-order valence-corrected chi connectivity index (χ2v) is 10.6. The highest BCUT2D eigenvalue weighted by atomic mass is 35.5. The fourth-order valence-corrected chi connectivity index (χ4v) is 6.73. The number of aromatic amines is 1. The van der Waals surface area contributed by atoms with Crippen molar-refractivity contribution >= 4 is 28.4 Å². The number of H-pyrrole nitrogens is 1. The Morgan fingerprint density at radius 3 is 2.55 bits per heavy atom. The van der Waals surface area contributed by atoms with Gasteiger partial charge in [0, 0.05) is 35.7 Å². The van der Waals surface area contributed by atoms with Crippen LogP contribution in [0, 0.1) is 5.92 Å². The van der Waals surface area contributed by atoms with Crippen LogP contribution in [0.5, 0.6) is 0 Å². The van der Waals surface area contributed by atoms with Gasteiger partial charge in [-0.05, 0) is 86.3 Å². The molecule has 172 valence electrons. The van der Waals surface area contributed by atoms with Crippen LogP contribution in [-0.4, -0.2) is 46.3 Å². The minimum absolute atomic E-state index is 0.318. The second kappa shape index (κ2) is 8.44. The molecule has 3 aliphatic rings. The normalized spacial score (nSPS) is 26.6. The lowest BCUT2D eigenvalue weighted by molar-refractivity contribution is -0.146. The first kappa shape index (κ1) is 21.2. The predicted octanol–water partition coefficient (Wildman–Crippen LogP) is 5.28. The number of halogens is 1. The van der Waals surface area contributed by atoms with Crippen molar-refractivity contribution < 1.29 is 9.53 Å². The fourth-order valence-electron chi connectivity index (χ4n) is 6.60. The summed E-state index contributed by atoms with van der Waals surface area (Å²) in [7, 11) is 0. The first-order valence-electron chi connectivity index (χ1n) is 12.2. The van der Waals surface area contributed by atoms with Gasteiger partial charge in [-0.15, -0.1) is 0 Å². The van der Waals surface area contributed by atoms with Gasteiger partial charge in [0.15, 0.2) is 0 Å². The molecular formula is C27H30ClN3O2. The molecule has 0 aliphatic carbocycles.